The van der Waals surface area contributed by atoms with Crippen molar-refractivity contribution in [2.45, 2.75) is 25.2 Å². The number of nitrogens with zero attached hydrogens (tertiary/aromatic N) is 5. The van der Waals surface area contributed by atoms with Gasteiger partial charge in [-0.2, -0.15) is 0 Å². The molecule has 0 spiro atoms. The van der Waals surface area contributed by atoms with Crippen molar-refractivity contribution in [3.05, 3.63) is 30.1 Å². The summed E-state index contributed by atoms with van der Waals surface area (Å²) in [6.07, 6.45) is 1.75. The second-order valence-corrected chi connectivity index (χ2v) is 5.33. The van der Waals surface area contributed by atoms with Crippen molar-refractivity contribution in [2.24, 2.45) is 0 Å². The van der Waals surface area contributed by atoms with Crippen LogP contribution >= 0.6 is 11.8 Å². The Balaban J connectivity index is 2.13. The van der Waals surface area contributed by atoms with Gasteiger partial charge in [0.05, 0.1) is 18.0 Å². The summed E-state index contributed by atoms with van der Waals surface area (Å²) in [5.41, 5.74) is 0.936. The van der Waals surface area contributed by atoms with Crippen LogP contribution in [0.4, 0.5) is 5.95 Å². The van der Waals surface area contributed by atoms with Crippen LogP contribution in [0, 0.1) is 0 Å². The number of carboxylic acid groups (broad SMARTS) is 1. The fraction of sp³-hybridized carbons (Fsp3) is 0.385. The summed E-state index contributed by atoms with van der Waals surface area (Å²) in [7, 11) is 1.91. The minimum atomic E-state index is -0.867. The highest BCUT2D eigenvalue weighted by atomic mass is 32.2. The lowest BCUT2D eigenvalue weighted by Crippen LogP contribution is -2.21. The average Bonchev–Trinajstić information content (AvgIpc) is 2.89. The molecule has 0 aliphatic rings. The molecule has 0 bridgehead atoms. The Morgan fingerprint density at radius 2 is 2.24 bits per heavy atom. The van der Waals surface area contributed by atoms with Gasteiger partial charge in [0.1, 0.15) is 0 Å². The first-order valence-corrected chi connectivity index (χ1v) is 7.49. The van der Waals surface area contributed by atoms with E-state index in [1.807, 2.05) is 41.6 Å². The zero-order valence-electron chi connectivity index (χ0n) is 11.9. The molecule has 21 heavy (non-hydrogen) atoms. The average molecular weight is 307 g/mol. The van der Waals surface area contributed by atoms with Crippen molar-refractivity contribution in [3.8, 4) is 0 Å². The van der Waals surface area contributed by atoms with E-state index in [-0.39, 0.29) is 5.75 Å². The summed E-state index contributed by atoms with van der Waals surface area (Å²) >= 11 is 1.17. The summed E-state index contributed by atoms with van der Waals surface area (Å²) in [5, 5.41) is 17.6. The number of carbonyl (C=O) groups is 1. The maximum Gasteiger partial charge on any atom is 0.313 e. The standard InChI is InChI=1S/C13H17N5O2S/c1-3-18-12(15-16-13(18)21-9-11(19)20)17(2)8-10-6-4-5-7-14-10/h4-7H,3,8-9H2,1-2H3,(H,19,20). The molecular formula is C13H17N5O2S. The van der Waals surface area contributed by atoms with E-state index in [4.69, 9.17) is 5.11 Å². The van der Waals surface area contributed by atoms with Gasteiger partial charge in [0.15, 0.2) is 5.16 Å². The summed E-state index contributed by atoms with van der Waals surface area (Å²) in [6.45, 7) is 3.27. The Hall–Kier alpha value is -2.09. The molecule has 0 saturated carbocycles. The number of pyridine rings is 1. The molecule has 0 aliphatic heterocycles. The zero-order valence-corrected chi connectivity index (χ0v) is 12.7. The van der Waals surface area contributed by atoms with Gasteiger partial charge < -0.3 is 10.0 Å². The molecule has 8 heteroatoms. The highest BCUT2D eigenvalue weighted by Crippen LogP contribution is 2.21. The van der Waals surface area contributed by atoms with Gasteiger partial charge in [-0.1, -0.05) is 17.8 Å². The topological polar surface area (TPSA) is 84.1 Å². The maximum atomic E-state index is 10.7. The summed E-state index contributed by atoms with van der Waals surface area (Å²) in [5.74, 6) is -0.188. The Labute approximate surface area is 127 Å². The van der Waals surface area contributed by atoms with Crippen molar-refractivity contribution < 1.29 is 9.90 Å². The molecule has 0 radical (unpaired) electrons. The highest BCUT2D eigenvalue weighted by molar-refractivity contribution is 7.99. The van der Waals surface area contributed by atoms with E-state index in [1.54, 1.807) is 6.20 Å². The fourth-order valence-corrected chi connectivity index (χ4v) is 2.60. The normalized spacial score (nSPS) is 10.6. The van der Waals surface area contributed by atoms with Crippen molar-refractivity contribution >= 4 is 23.7 Å². The van der Waals surface area contributed by atoms with E-state index in [0.29, 0.717) is 24.2 Å². The van der Waals surface area contributed by atoms with Crippen LogP contribution in [0.1, 0.15) is 12.6 Å². The van der Waals surface area contributed by atoms with Gasteiger partial charge in [-0.15, -0.1) is 10.2 Å². The van der Waals surface area contributed by atoms with Crippen molar-refractivity contribution in [2.75, 3.05) is 17.7 Å². The molecule has 112 valence electrons. The van der Waals surface area contributed by atoms with E-state index < -0.39 is 5.97 Å². The molecule has 0 amide bonds. The number of hydrogen-bond donors (Lipinski definition) is 1. The van der Waals surface area contributed by atoms with Crippen molar-refractivity contribution in [3.63, 3.8) is 0 Å². The third-order valence-electron chi connectivity index (χ3n) is 2.81. The van der Waals surface area contributed by atoms with Crippen molar-refractivity contribution in [1.29, 1.82) is 0 Å². The Morgan fingerprint density at radius 3 is 2.86 bits per heavy atom. The molecule has 0 fully saturated rings. The van der Waals surface area contributed by atoms with Gasteiger partial charge >= 0.3 is 5.97 Å². The SMILES string of the molecule is CCn1c(SCC(=O)O)nnc1N(C)Cc1ccccn1. The predicted molar refractivity (Wildman–Crippen MR) is 80.4 cm³/mol. The molecule has 2 heterocycles. The van der Waals surface area contributed by atoms with Gasteiger partial charge in [0, 0.05) is 19.8 Å². The van der Waals surface area contributed by atoms with Gasteiger partial charge in [0.25, 0.3) is 0 Å². The summed E-state index contributed by atoms with van der Waals surface area (Å²) in [6, 6.07) is 5.76. The molecule has 0 atom stereocenters. The second kappa shape index (κ2) is 7.07. The van der Waals surface area contributed by atoms with Crippen molar-refractivity contribution in [1.82, 2.24) is 19.7 Å². The smallest absolute Gasteiger partial charge is 0.313 e. The third kappa shape index (κ3) is 3.94. The number of aromatic nitrogens is 4. The Morgan fingerprint density at radius 1 is 1.43 bits per heavy atom. The van der Waals surface area contributed by atoms with Gasteiger partial charge in [-0.3, -0.25) is 14.3 Å². The molecule has 0 aromatic carbocycles. The number of anilines is 1. The number of carboxylic acids is 1. The number of hydrogen-bond acceptors (Lipinski definition) is 6. The number of rotatable bonds is 7. The summed E-state index contributed by atoms with van der Waals surface area (Å²) in [4.78, 5) is 16.9. The second-order valence-electron chi connectivity index (χ2n) is 4.39. The number of thioether (sulfide) groups is 1. The first-order chi connectivity index (χ1) is 10.1. The molecule has 2 aromatic heterocycles. The lowest BCUT2D eigenvalue weighted by molar-refractivity contribution is -0.133. The molecule has 0 saturated heterocycles. The molecule has 2 rings (SSSR count). The lowest BCUT2D eigenvalue weighted by Gasteiger charge is -2.18. The van der Waals surface area contributed by atoms with Crippen LogP contribution in [0.3, 0.4) is 0 Å². The van der Waals surface area contributed by atoms with Gasteiger partial charge in [-0.25, -0.2) is 0 Å². The van der Waals surface area contributed by atoms with E-state index >= 15 is 0 Å². The monoisotopic (exact) mass is 307 g/mol. The van der Waals surface area contributed by atoms with E-state index in [1.165, 1.54) is 11.8 Å². The van der Waals surface area contributed by atoms with Gasteiger partial charge in [-0.05, 0) is 19.1 Å². The van der Waals surface area contributed by atoms with Crippen LogP contribution in [-0.2, 0) is 17.9 Å². The minimum absolute atomic E-state index is 0.0257. The number of aliphatic carboxylic acids is 1. The van der Waals surface area contributed by atoms with Crippen LogP contribution in [0.2, 0.25) is 0 Å². The van der Waals surface area contributed by atoms with Crippen LogP contribution < -0.4 is 4.90 Å². The van der Waals surface area contributed by atoms with E-state index in [0.717, 1.165) is 5.69 Å². The maximum absolute atomic E-state index is 10.7. The van der Waals surface area contributed by atoms with E-state index in [9.17, 15) is 4.79 Å². The predicted octanol–water partition coefficient (Wildman–Crippen LogP) is 1.51. The fourth-order valence-electron chi connectivity index (χ4n) is 1.88. The molecule has 7 nitrogen and oxygen atoms in total. The van der Waals surface area contributed by atoms with Crippen LogP contribution in [-0.4, -0.2) is 43.6 Å². The Bertz CT molecular complexity index is 602. The Kier molecular flexibility index (Phi) is 5.15. The van der Waals surface area contributed by atoms with Crippen LogP contribution in [0.25, 0.3) is 0 Å². The van der Waals surface area contributed by atoms with Crippen LogP contribution in [0.15, 0.2) is 29.6 Å². The molecule has 1 N–H and O–H groups in total. The van der Waals surface area contributed by atoms with E-state index in [2.05, 4.69) is 15.2 Å². The van der Waals surface area contributed by atoms with Crippen LogP contribution in [0.5, 0.6) is 0 Å². The largest absolute Gasteiger partial charge is 0.481 e. The molecular weight excluding hydrogens is 290 g/mol. The first kappa shape index (κ1) is 15.3. The molecule has 0 unspecified atom stereocenters. The minimum Gasteiger partial charge on any atom is -0.481 e. The summed E-state index contributed by atoms with van der Waals surface area (Å²) < 4.78 is 1.90. The lowest BCUT2D eigenvalue weighted by atomic mass is 10.3. The quantitative estimate of drug-likeness (QED) is 0.776. The highest BCUT2D eigenvalue weighted by Gasteiger charge is 2.16. The molecule has 2 aromatic rings. The third-order valence-corrected chi connectivity index (χ3v) is 3.76. The zero-order chi connectivity index (χ0) is 15.2. The first-order valence-electron chi connectivity index (χ1n) is 6.50. The van der Waals surface area contributed by atoms with Gasteiger partial charge in [0.2, 0.25) is 5.95 Å². The molecule has 0 aliphatic carbocycles.